The minimum Gasteiger partial charge on any atom is -0.493 e. The number of hydrogen-bond acceptors (Lipinski definition) is 6. The molecule has 1 aromatic heterocycles. The topological polar surface area (TPSA) is 91.4 Å². The predicted octanol–water partition coefficient (Wildman–Crippen LogP) is 5.64. The lowest BCUT2D eigenvalue weighted by Gasteiger charge is -2.15. The number of alkyl halides is 1. The van der Waals surface area contributed by atoms with Crippen LogP contribution in [0.2, 0.25) is 0 Å². The van der Waals surface area contributed by atoms with Gasteiger partial charge in [0.1, 0.15) is 29.4 Å². The summed E-state index contributed by atoms with van der Waals surface area (Å²) in [6.07, 6.45) is 5.00. The van der Waals surface area contributed by atoms with Crippen molar-refractivity contribution in [1.29, 1.82) is 0 Å². The third-order valence-electron chi connectivity index (χ3n) is 6.16. The second kappa shape index (κ2) is 12.1. The third-order valence-corrected chi connectivity index (χ3v) is 6.16. The van der Waals surface area contributed by atoms with Gasteiger partial charge in [0.15, 0.2) is 0 Å². The van der Waals surface area contributed by atoms with Crippen molar-refractivity contribution in [2.45, 2.75) is 45.2 Å². The molecule has 2 aromatic carbocycles. The van der Waals surface area contributed by atoms with Crippen molar-refractivity contribution in [3.05, 3.63) is 48.5 Å². The van der Waals surface area contributed by atoms with Crippen LogP contribution >= 0.6 is 0 Å². The van der Waals surface area contributed by atoms with Crippen molar-refractivity contribution in [3.8, 4) is 5.75 Å². The van der Waals surface area contributed by atoms with E-state index in [0.29, 0.717) is 35.1 Å². The van der Waals surface area contributed by atoms with Crippen molar-refractivity contribution in [1.82, 2.24) is 20.2 Å². The first-order valence-corrected chi connectivity index (χ1v) is 12.7. The molecule has 3 aromatic rings. The Labute approximate surface area is 215 Å². The van der Waals surface area contributed by atoms with Gasteiger partial charge in [0.25, 0.3) is 0 Å². The van der Waals surface area contributed by atoms with E-state index in [2.05, 4.69) is 30.8 Å². The van der Waals surface area contributed by atoms with Crippen molar-refractivity contribution in [2.24, 2.45) is 0 Å². The highest BCUT2D eigenvalue weighted by molar-refractivity contribution is 5.92. The van der Waals surface area contributed by atoms with E-state index in [4.69, 9.17) is 4.74 Å². The molecule has 0 unspecified atom stereocenters. The van der Waals surface area contributed by atoms with Gasteiger partial charge in [0.05, 0.1) is 17.5 Å². The summed E-state index contributed by atoms with van der Waals surface area (Å²) in [6.45, 7) is 6.96. The Balaban J connectivity index is 1.34. The number of fused-ring (bicyclic) bond motifs is 1. The van der Waals surface area contributed by atoms with Gasteiger partial charge in [-0.05, 0) is 76.9 Å². The fourth-order valence-corrected chi connectivity index (χ4v) is 4.20. The number of rotatable bonds is 11. The number of carbonyl (C=O) groups excluding carboxylic acids is 1. The van der Waals surface area contributed by atoms with E-state index < -0.39 is 17.5 Å². The molecule has 8 nitrogen and oxygen atoms in total. The summed E-state index contributed by atoms with van der Waals surface area (Å²) in [7, 11) is 0. The fourth-order valence-electron chi connectivity index (χ4n) is 4.20. The van der Waals surface area contributed by atoms with Crippen LogP contribution in [0.4, 0.5) is 30.8 Å². The Hall–Kier alpha value is -3.53. The first-order valence-electron chi connectivity index (χ1n) is 12.7. The van der Waals surface area contributed by atoms with Crippen LogP contribution < -0.4 is 20.7 Å². The molecule has 3 N–H and O–H groups in total. The normalized spacial score (nSPS) is 14.1. The minimum atomic E-state index is -1.34. The van der Waals surface area contributed by atoms with Gasteiger partial charge in [0, 0.05) is 36.6 Å². The number of amides is 2. The quantitative estimate of drug-likeness (QED) is 0.288. The second-order valence-corrected chi connectivity index (χ2v) is 9.82. The van der Waals surface area contributed by atoms with Crippen LogP contribution in [0.1, 0.15) is 39.5 Å². The summed E-state index contributed by atoms with van der Waals surface area (Å²) in [4.78, 5) is 22.9. The van der Waals surface area contributed by atoms with E-state index in [0.717, 1.165) is 26.1 Å². The highest BCUT2D eigenvalue weighted by atomic mass is 19.1. The van der Waals surface area contributed by atoms with E-state index in [1.807, 2.05) is 0 Å². The maximum absolute atomic E-state index is 15.1. The highest BCUT2D eigenvalue weighted by Crippen LogP contribution is 2.29. The van der Waals surface area contributed by atoms with Gasteiger partial charge in [-0.2, -0.15) is 0 Å². The molecule has 0 atom stereocenters. The first-order chi connectivity index (χ1) is 17.8. The van der Waals surface area contributed by atoms with E-state index in [1.54, 1.807) is 30.3 Å². The van der Waals surface area contributed by atoms with Crippen LogP contribution in [-0.4, -0.2) is 59.4 Å². The standard InChI is InChI=1S/C27H34F2N6O2/c1-27(2,29)10-11-30-26(36)34-20-8-6-19(7-9-20)33-25-24-22(28)16-21(17-23(24)31-18-32-25)37-15-5-14-35-12-3-4-13-35/h6-9,16-18H,3-5,10-15H2,1-2H3,(H2,30,34,36)(H,31,32,33). The van der Waals surface area contributed by atoms with Crippen molar-refractivity contribution < 1.29 is 18.3 Å². The molecular formula is C27H34F2N6O2. The first kappa shape index (κ1) is 26.5. The van der Waals surface area contributed by atoms with Gasteiger partial charge in [-0.3, -0.25) is 0 Å². The predicted molar refractivity (Wildman–Crippen MR) is 142 cm³/mol. The number of carbonyl (C=O) groups is 1. The zero-order chi connectivity index (χ0) is 26.3. The zero-order valence-electron chi connectivity index (χ0n) is 21.3. The Kier molecular flexibility index (Phi) is 8.70. The third kappa shape index (κ3) is 7.98. The van der Waals surface area contributed by atoms with Crippen molar-refractivity contribution >= 4 is 34.1 Å². The average Bonchev–Trinajstić information content (AvgIpc) is 3.36. The molecule has 198 valence electrons. The van der Waals surface area contributed by atoms with Crippen molar-refractivity contribution in [3.63, 3.8) is 0 Å². The van der Waals surface area contributed by atoms with Gasteiger partial charge < -0.3 is 25.6 Å². The monoisotopic (exact) mass is 512 g/mol. The van der Waals surface area contributed by atoms with E-state index in [9.17, 15) is 9.18 Å². The average molecular weight is 513 g/mol. The number of urea groups is 1. The van der Waals surface area contributed by atoms with Crippen LogP contribution in [0, 0.1) is 5.82 Å². The molecule has 0 aliphatic carbocycles. The molecule has 4 rings (SSSR count). The number of anilines is 3. The molecular weight excluding hydrogens is 478 g/mol. The lowest BCUT2D eigenvalue weighted by Crippen LogP contribution is -2.32. The van der Waals surface area contributed by atoms with Gasteiger partial charge in [-0.15, -0.1) is 0 Å². The van der Waals surface area contributed by atoms with Crippen LogP contribution in [0.5, 0.6) is 5.75 Å². The Morgan fingerprint density at radius 3 is 2.57 bits per heavy atom. The van der Waals surface area contributed by atoms with E-state index in [1.165, 1.54) is 39.1 Å². The molecule has 0 spiro atoms. The van der Waals surface area contributed by atoms with Gasteiger partial charge in [0.2, 0.25) is 0 Å². The summed E-state index contributed by atoms with van der Waals surface area (Å²) in [5.74, 6) is 0.303. The summed E-state index contributed by atoms with van der Waals surface area (Å²) in [5.41, 5.74) is 0.324. The fraction of sp³-hybridized carbons (Fsp3) is 0.444. The Morgan fingerprint density at radius 1 is 1.11 bits per heavy atom. The second-order valence-electron chi connectivity index (χ2n) is 9.82. The SMILES string of the molecule is CC(C)(F)CCNC(=O)Nc1ccc(Nc2ncnc3cc(OCCCN4CCCC4)cc(F)c23)cc1. The van der Waals surface area contributed by atoms with Crippen LogP contribution in [0.3, 0.4) is 0 Å². The number of benzene rings is 2. The Bertz CT molecular complexity index is 1190. The number of aromatic nitrogens is 2. The number of halogens is 2. The maximum atomic E-state index is 15.1. The lowest BCUT2D eigenvalue weighted by molar-refractivity contribution is 0.200. The minimum absolute atomic E-state index is 0.221. The summed E-state index contributed by atoms with van der Waals surface area (Å²) in [6, 6.07) is 9.56. The molecule has 1 aliphatic rings. The molecule has 0 bridgehead atoms. The number of nitrogens with zero attached hydrogens (tertiary/aromatic N) is 3. The largest absolute Gasteiger partial charge is 0.493 e. The molecule has 0 saturated carbocycles. The van der Waals surface area contributed by atoms with Crippen LogP contribution in [0.25, 0.3) is 10.9 Å². The molecule has 0 radical (unpaired) electrons. The Morgan fingerprint density at radius 2 is 1.84 bits per heavy atom. The van der Waals surface area contributed by atoms with Gasteiger partial charge >= 0.3 is 6.03 Å². The number of nitrogens with one attached hydrogen (secondary N) is 3. The summed E-state index contributed by atoms with van der Waals surface area (Å²) >= 11 is 0. The van der Waals surface area contributed by atoms with Gasteiger partial charge in [-0.25, -0.2) is 23.5 Å². The van der Waals surface area contributed by atoms with Gasteiger partial charge in [-0.1, -0.05) is 0 Å². The molecule has 2 heterocycles. The van der Waals surface area contributed by atoms with Crippen molar-refractivity contribution in [2.75, 3.05) is 43.4 Å². The number of likely N-dealkylation sites (tertiary alicyclic amines) is 1. The maximum Gasteiger partial charge on any atom is 0.319 e. The highest BCUT2D eigenvalue weighted by Gasteiger charge is 2.16. The lowest BCUT2D eigenvalue weighted by atomic mass is 10.1. The van der Waals surface area contributed by atoms with Crippen LogP contribution in [0.15, 0.2) is 42.7 Å². The van der Waals surface area contributed by atoms with Crippen LogP contribution in [-0.2, 0) is 0 Å². The molecule has 37 heavy (non-hydrogen) atoms. The van der Waals surface area contributed by atoms with E-state index in [-0.39, 0.29) is 18.4 Å². The molecule has 2 amide bonds. The number of hydrogen-bond donors (Lipinski definition) is 3. The van der Waals surface area contributed by atoms with E-state index >= 15 is 4.39 Å². The molecule has 1 aliphatic heterocycles. The smallest absolute Gasteiger partial charge is 0.319 e. The molecule has 1 saturated heterocycles. The summed E-state index contributed by atoms with van der Waals surface area (Å²) in [5, 5.41) is 8.71. The molecule has 1 fully saturated rings. The number of ether oxygens (including phenoxy) is 1. The zero-order valence-corrected chi connectivity index (χ0v) is 21.3. The molecule has 10 heteroatoms. The summed E-state index contributed by atoms with van der Waals surface area (Å²) < 4.78 is 34.4.